The van der Waals surface area contributed by atoms with Crippen molar-refractivity contribution in [2.24, 2.45) is 0 Å². The normalized spacial score (nSPS) is 24.7. The summed E-state index contributed by atoms with van der Waals surface area (Å²) in [4.78, 5) is 29.1. The van der Waals surface area contributed by atoms with Gasteiger partial charge in [-0.15, -0.1) is 0 Å². The van der Waals surface area contributed by atoms with E-state index in [9.17, 15) is 14.7 Å². The zero-order chi connectivity index (χ0) is 19.6. The number of ether oxygens (including phenoxy) is 1. The fourth-order valence-electron chi connectivity index (χ4n) is 3.64. The Morgan fingerprint density at radius 1 is 1.30 bits per heavy atom. The SMILES string of the molecule is Cc1cc(C(=O)N[C@@H]2CCN(C(=O)C(C)(C)N3CCOCC3)C[C@H]2O)no1. The van der Waals surface area contributed by atoms with Crippen molar-refractivity contribution in [2.75, 3.05) is 39.4 Å². The van der Waals surface area contributed by atoms with Crippen molar-refractivity contribution < 1.29 is 24.0 Å². The highest BCUT2D eigenvalue weighted by molar-refractivity contribution is 5.92. The lowest BCUT2D eigenvalue weighted by molar-refractivity contribution is -0.149. The van der Waals surface area contributed by atoms with Crippen molar-refractivity contribution in [1.29, 1.82) is 0 Å². The van der Waals surface area contributed by atoms with Gasteiger partial charge in [-0.2, -0.15) is 0 Å². The van der Waals surface area contributed by atoms with Crippen molar-refractivity contribution in [3.63, 3.8) is 0 Å². The standard InChI is InChI=1S/C18H28N4O5/c1-12-10-14(20-27-12)16(24)19-13-4-5-21(11-15(13)23)17(25)18(2,3)22-6-8-26-9-7-22/h10,13,15,23H,4-9,11H2,1-3H3,(H,19,24)/t13-,15-/m1/s1. The summed E-state index contributed by atoms with van der Waals surface area (Å²) in [5.41, 5.74) is -0.468. The first-order chi connectivity index (χ1) is 12.8. The molecule has 0 bridgehead atoms. The maximum Gasteiger partial charge on any atom is 0.273 e. The Hall–Kier alpha value is -1.97. The molecule has 2 N–H and O–H groups in total. The summed E-state index contributed by atoms with van der Waals surface area (Å²) in [5, 5.41) is 16.9. The number of likely N-dealkylation sites (tertiary alicyclic amines) is 1. The number of aliphatic hydroxyl groups is 1. The number of amides is 2. The Morgan fingerprint density at radius 3 is 2.59 bits per heavy atom. The van der Waals surface area contributed by atoms with Crippen LogP contribution in [0.3, 0.4) is 0 Å². The van der Waals surface area contributed by atoms with Gasteiger partial charge >= 0.3 is 0 Å². The molecule has 9 heteroatoms. The van der Waals surface area contributed by atoms with E-state index in [1.165, 1.54) is 0 Å². The molecular formula is C18H28N4O5. The fraction of sp³-hybridized carbons (Fsp3) is 0.722. The molecule has 0 aromatic carbocycles. The Bertz CT molecular complexity index is 683. The van der Waals surface area contributed by atoms with Gasteiger partial charge in [-0.1, -0.05) is 5.16 Å². The molecule has 2 aliphatic rings. The van der Waals surface area contributed by atoms with E-state index in [4.69, 9.17) is 9.26 Å². The van der Waals surface area contributed by atoms with Crippen LogP contribution in [0.25, 0.3) is 0 Å². The Kier molecular flexibility index (Phi) is 5.83. The van der Waals surface area contributed by atoms with Gasteiger partial charge in [0, 0.05) is 32.2 Å². The molecule has 2 fully saturated rings. The number of nitrogens with one attached hydrogen (secondary N) is 1. The second-order valence-electron chi connectivity index (χ2n) is 7.67. The average Bonchev–Trinajstić information content (AvgIpc) is 3.10. The minimum absolute atomic E-state index is 0.0136. The topological polar surface area (TPSA) is 108 Å². The van der Waals surface area contributed by atoms with Crippen molar-refractivity contribution in [3.8, 4) is 0 Å². The first-order valence-corrected chi connectivity index (χ1v) is 9.33. The first kappa shape index (κ1) is 19.8. The molecule has 0 unspecified atom stereocenters. The number of rotatable bonds is 4. The maximum atomic E-state index is 13.0. The van der Waals surface area contributed by atoms with Gasteiger partial charge < -0.3 is 24.6 Å². The summed E-state index contributed by atoms with van der Waals surface area (Å²) in [7, 11) is 0. The van der Waals surface area contributed by atoms with Crippen LogP contribution in [0, 0.1) is 6.92 Å². The molecule has 0 radical (unpaired) electrons. The Balaban J connectivity index is 1.57. The molecule has 2 amide bonds. The molecule has 3 rings (SSSR count). The van der Waals surface area contributed by atoms with Crippen molar-refractivity contribution in [3.05, 3.63) is 17.5 Å². The molecule has 2 saturated heterocycles. The molecule has 0 aliphatic carbocycles. The lowest BCUT2D eigenvalue weighted by atomic mass is 9.95. The first-order valence-electron chi connectivity index (χ1n) is 9.33. The zero-order valence-electron chi connectivity index (χ0n) is 16.1. The quantitative estimate of drug-likeness (QED) is 0.744. The summed E-state index contributed by atoms with van der Waals surface area (Å²) < 4.78 is 10.3. The summed E-state index contributed by atoms with van der Waals surface area (Å²) in [5.74, 6) is 0.149. The van der Waals surface area contributed by atoms with E-state index in [-0.39, 0.29) is 24.1 Å². The molecular weight excluding hydrogens is 352 g/mol. The molecule has 2 atom stereocenters. The number of aryl methyl sites for hydroxylation is 1. The third-order valence-electron chi connectivity index (χ3n) is 5.37. The van der Waals surface area contributed by atoms with Crippen LogP contribution in [0.5, 0.6) is 0 Å². The van der Waals surface area contributed by atoms with Crippen LogP contribution >= 0.6 is 0 Å². The van der Waals surface area contributed by atoms with Crippen LogP contribution in [0.1, 0.15) is 36.5 Å². The van der Waals surface area contributed by atoms with Crippen molar-refractivity contribution in [2.45, 2.75) is 44.9 Å². The smallest absolute Gasteiger partial charge is 0.273 e. The largest absolute Gasteiger partial charge is 0.389 e. The van der Waals surface area contributed by atoms with E-state index < -0.39 is 17.7 Å². The molecule has 1 aromatic rings. The predicted molar refractivity (Wildman–Crippen MR) is 96.2 cm³/mol. The third kappa shape index (κ3) is 4.31. The average molecular weight is 380 g/mol. The summed E-state index contributed by atoms with van der Waals surface area (Å²) in [6.07, 6.45) is -0.352. The highest BCUT2D eigenvalue weighted by Gasteiger charge is 2.41. The highest BCUT2D eigenvalue weighted by atomic mass is 16.5. The summed E-state index contributed by atoms with van der Waals surface area (Å²) in [6.45, 7) is 8.86. The number of aliphatic hydroxyl groups excluding tert-OH is 1. The molecule has 1 aromatic heterocycles. The lowest BCUT2D eigenvalue weighted by Crippen LogP contribution is -2.63. The Morgan fingerprint density at radius 2 is 2.00 bits per heavy atom. The fourth-order valence-corrected chi connectivity index (χ4v) is 3.64. The van der Waals surface area contributed by atoms with Gasteiger partial charge in [-0.3, -0.25) is 14.5 Å². The predicted octanol–water partition coefficient (Wildman–Crippen LogP) is -0.215. The monoisotopic (exact) mass is 380 g/mol. The number of morpholine rings is 1. The van der Waals surface area contributed by atoms with Crippen LogP contribution in [0.15, 0.2) is 10.6 Å². The number of piperidine rings is 1. The van der Waals surface area contributed by atoms with Crippen LogP contribution in [0.2, 0.25) is 0 Å². The van der Waals surface area contributed by atoms with Gasteiger partial charge in [-0.05, 0) is 27.2 Å². The molecule has 2 aliphatic heterocycles. The second-order valence-corrected chi connectivity index (χ2v) is 7.67. The molecule has 3 heterocycles. The minimum atomic E-state index is -0.833. The number of carbonyl (C=O) groups excluding carboxylic acids is 2. The van der Waals surface area contributed by atoms with Gasteiger partial charge in [0.05, 0.1) is 30.9 Å². The van der Waals surface area contributed by atoms with E-state index >= 15 is 0 Å². The second kappa shape index (κ2) is 7.95. The van der Waals surface area contributed by atoms with Gasteiger partial charge in [0.1, 0.15) is 5.76 Å². The molecule has 9 nitrogen and oxygen atoms in total. The maximum absolute atomic E-state index is 13.0. The van der Waals surface area contributed by atoms with Crippen LogP contribution in [-0.2, 0) is 9.53 Å². The van der Waals surface area contributed by atoms with Gasteiger partial charge in [0.2, 0.25) is 5.91 Å². The van der Waals surface area contributed by atoms with E-state index in [0.29, 0.717) is 45.0 Å². The Labute approximate surface area is 158 Å². The van der Waals surface area contributed by atoms with E-state index in [1.807, 2.05) is 13.8 Å². The molecule has 0 saturated carbocycles. The number of hydrogen-bond acceptors (Lipinski definition) is 7. The van der Waals surface area contributed by atoms with Crippen LogP contribution < -0.4 is 5.32 Å². The van der Waals surface area contributed by atoms with Gasteiger partial charge in [0.25, 0.3) is 5.91 Å². The van der Waals surface area contributed by atoms with E-state index in [0.717, 1.165) is 0 Å². The van der Waals surface area contributed by atoms with Crippen LogP contribution in [0.4, 0.5) is 0 Å². The van der Waals surface area contributed by atoms with Gasteiger partial charge in [-0.25, -0.2) is 0 Å². The van der Waals surface area contributed by atoms with E-state index in [1.54, 1.807) is 17.9 Å². The molecule has 150 valence electrons. The minimum Gasteiger partial charge on any atom is -0.389 e. The molecule has 0 spiro atoms. The number of nitrogens with zero attached hydrogens (tertiary/aromatic N) is 3. The third-order valence-corrected chi connectivity index (χ3v) is 5.37. The number of carbonyl (C=O) groups is 2. The van der Waals surface area contributed by atoms with Gasteiger partial charge in [0.15, 0.2) is 5.69 Å². The van der Waals surface area contributed by atoms with Crippen LogP contribution in [-0.4, -0.2) is 89.0 Å². The summed E-state index contributed by atoms with van der Waals surface area (Å²) in [6, 6.07) is 1.12. The van der Waals surface area contributed by atoms with E-state index in [2.05, 4.69) is 15.4 Å². The van der Waals surface area contributed by atoms with Crippen molar-refractivity contribution >= 4 is 11.8 Å². The lowest BCUT2D eigenvalue weighted by Gasteiger charge is -2.44. The van der Waals surface area contributed by atoms with Crippen molar-refractivity contribution in [1.82, 2.24) is 20.3 Å². The number of hydrogen-bond donors (Lipinski definition) is 2. The zero-order valence-corrected chi connectivity index (χ0v) is 16.1. The number of β-amino-alcohol motifs (C(OH)–C–C–N with tert-alkyl or cyclic N) is 1. The molecule has 27 heavy (non-hydrogen) atoms. The summed E-state index contributed by atoms with van der Waals surface area (Å²) >= 11 is 0. The highest BCUT2D eigenvalue weighted by Crippen LogP contribution is 2.22. The number of aromatic nitrogens is 1.